The number of sulfone groups is 1. The number of anilines is 2. The van der Waals surface area contributed by atoms with Crippen LogP contribution in [0.4, 0.5) is 11.4 Å². The lowest BCUT2D eigenvalue weighted by Crippen LogP contribution is -2.24. The Hall–Kier alpha value is -1.23. The Kier molecular flexibility index (Phi) is 1.69. The molecular weight excluding hydrogens is 188 g/mol. The van der Waals surface area contributed by atoms with Crippen LogP contribution in [0, 0.1) is 0 Å². The third-order valence-corrected chi connectivity index (χ3v) is 3.86. The molecule has 1 aliphatic rings. The summed E-state index contributed by atoms with van der Waals surface area (Å²) in [5, 5.41) is 3.00. The zero-order valence-electron chi connectivity index (χ0n) is 6.95. The van der Waals surface area contributed by atoms with Crippen LogP contribution in [0.3, 0.4) is 0 Å². The number of hydrogen-bond donors (Lipinski definition) is 2. The molecule has 0 fully saturated rings. The molecule has 0 atom stereocenters. The van der Waals surface area contributed by atoms with Gasteiger partial charge in [0.05, 0.1) is 17.1 Å². The third-order valence-electron chi connectivity index (χ3n) is 2.04. The SMILES string of the molecule is Nc1cccc2c1S(=O)(=O)CCN2. The van der Waals surface area contributed by atoms with Crippen LogP contribution >= 0.6 is 0 Å². The zero-order chi connectivity index (χ0) is 9.47. The lowest BCUT2D eigenvalue weighted by molar-refractivity contribution is 0.595. The molecule has 1 heterocycles. The molecule has 0 bridgehead atoms. The fourth-order valence-corrected chi connectivity index (χ4v) is 2.94. The summed E-state index contributed by atoms with van der Waals surface area (Å²) in [6.45, 7) is 0.457. The van der Waals surface area contributed by atoms with Crippen molar-refractivity contribution >= 4 is 21.2 Å². The number of nitrogens with one attached hydrogen (secondary N) is 1. The minimum Gasteiger partial charge on any atom is -0.398 e. The summed E-state index contributed by atoms with van der Waals surface area (Å²) in [7, 11) is -3.16. The van der Waals surface area contributed by atoms with E-state index in [1.807, 2.05) is 0 Å². The lowest BCUT2D eigenvalue weighted by atomic mass is 10.3. The Morgan fingerprint density at radius 1 is 1.38 bits per heavy atom. The molecule has 2 rings (SSSR count). The summed E-state index contributed by atoms with van der Waals surface area (Å²) in [4.78, 5) is 0.251. The summed E-state index contributed by atoms with van der Waals surface area (Å²) in [5.41, 5.74) is 6.54. The Morgan fingerprint density at radius 2 is 2.15 bits per heavy atom. The van der Waals surface area contributed by atoms with Gasteiger partial charge in [-0.1, -0.05) is 6.07 Å². The molecular formula is C8H10N2O2S. The molecule has 1 aromatic rings. The molecule has 4 nitrogen and oxygen atoms in total. The summed E-state index contributed by atoms with van der Waals surface area (Å²) in [6.07, 6.45) is 0. The molecule has 0 radical (unpaired) electrons. The Labute approximate surface area is 76.7 Å². The third kappa shape index (κ3) is 1.25. The Morgan fingerprint density at radius 3 is 2.85 bits per heavy atom. The fourth-order valence-electron chi connectivity index (χ4n) is 1.46. The molecule has 0 saturated carbocycles. The van der Waals surface area contributed by atoms with Crippen molar-refractivity contribution in [3.8, 4) is 0 Å². The van der Waals surface area contributed by atoms with Gasteiger partial charge in [0.2, 0.25) is 0 Å². The lowest BCUT2D eigenvalue weighted by Gasteiger charge is -2.19. The summed E-state index contributed by atoms with van der Waals surface area (Å²) in [6, 6.07) is 5.06. The van der Waals surface area contributed by atoms with E-state index in [0.29, 0.717) is 17.9 Å². The van der Waals surface area contributed by atoms with Crippen LogP contribution in [0.5, 0.6) is 0 Å². The van der Waals surface area contributed by atoms with Crippen LogP contribution in [-0.2, 0) is 9.84 Å². The Bertz CT molecular complexity index is 439. The van der Waals surface area contributed by atoms with Crippen LogP contribution in [-0.4, -0.2) is 20.7 Å². The van der Waals surface area contributed by atoms with Crippen LogP contribution in [0.2, 0.25) is 0 Å². The minimum atomic E-state index is -3.16. The molecule has 0 aliphatic carbocycles. The molecule has 0 amide bonds. The average Bonchev–Trinajstić information content (AvgIpc) is 2.02. The van der Waals surface area contributed by atoms with Crippen LogP contribution in [0.15, 0.2) is 23.1 Å². The van der Waals surface area contributed by atoms with E-state index in [4.69, 9.17) is 5.73 Å². The molecule has 0 aromatic heterocycles. The topological polar surface area (TPSA) is 72.2 Å². The smallest absolute Gasteiger partial charge is 0.184 e. The second-order valence-electron chi connectivity index (χ2n) is 2.97. The van der Waals surface area contributed by atoms with Gasteiger partial charge in [0.1, 0.15) is 4.90 Å². The van der Waals surface area contributed by atoms with Crippen LogP contribution in [0.25, 0.3) is 0 Å². The van der Waals surface area contributed by atoms with Gasteiger partial charge in [-0.25, -0.2) is 8.42 Å². The van der Waals surface area contributed by atoms with Gasteiger partial charge >= 0.3 is 0 Å². The van der Waals surface area contributed by atoms with Crippen molar-refractivity contribution in [3.63, 3.8) is 0 Å². The highest BCUT2D eigenvalue weighted by Crippen LogP contribution is 2.30. The van der Waals surface area contributed by atoms with E-state index in [-0.39, 0.29) is 10.6 Å². The van der Waals surface area contributed by atoms with Gasteiger partial charge < -0.3 is 11.1 Å². The van der Waals surface area contributed by atoms with Gasteiger partial charge in [-0.15, -0.1) is 0 Å². The average molecular weight is 198 g/mol. The molecule has 70 valence electrons. The summed E-state index contributed by atoms with van der Waals surface area (Å²) < 4.78 is 23.1. The number of nitrogen functional groups attached to an aromatic ring is 1. The van der Waals surface area contributed by atoms with E-state index in [1.54, 1.807) is 18.2 Å². The molecule has 1 aliphatic heterocycles. The first-order valence-electron chi connectivity index (χ1n) is 3.96. The largest absolute Gasteiger partial charge is 0.398 e. The molecule has 0 unspecified atom stereocenters. The Balaban J connectivity index is 2.75. The molecule has 0 spiro atoms. The van der Waals surface area contributed by atoms with Crippen molar-refractivity contribution in [2.45, 2.75) is 4.90 Å². The first-order valence-corrected chi connectivity index (χ1v) is 5.61. The van der Waals surface area contributed by atoms with Crippen LogP contribution < -0.4 is 11.1 Å². The molecule has 1 aromatic carbocycles. The first kappa shape index (κ1) is 8.37. The predicted octanol–water partition coefficient (Wildman–Crippen LogP) is 0.468. The second kappa shape index (κ2) is 2.63. The van der Waals surface area contributed by atoms with Gasteiger partial charge in [-0.05, 0) is 12.1 Å². The maximum atomic E-state index is 11.6. The van der Waals surface area contributed by atoms with E-state index in [2.05, 4.69) is 5.32 Å². The van der Waals surface area contributed by atoms with E-state index in [9.17, 15) is 8.42 Å². The standard InChI is InChI=1S/C8H10N2O2S/c9-6-2-1-3-7-8(6)13(11,12)5-4-10-7/h1-3,10H,4-5,9H2. The van der Waals surface area contributed by atoms with Crippen molar-refractivity contribution in [2.24, 2.45) is 0 Å². The number of benzene rings is 1. The van der Waals surface area contributed by atoms with Gasteiger partial charge in [-0.2, -0.15) is 0 Å². The number of fused-ring (bicyclic) bond motifs is 1. The van der Waals surface area contributed by atoms with Gasteiger partial charge in [0.25, 0.3) is 0 Å². The first-order chi connectivity index (χ1) is 6.11. The van der Waals surface area contributed by atoms with Gasteiger partial charge in [0, 0.05) is 6.54 Å². The maximum Gasteiger partial charge on any atom is 0.184 e. The van der Waals surface area contributed by atoms with Crippen molar-refractivity contribution < 1.29 is 8.42 Å². The fraction of sp³-hybridized carbons (Fsp3) is 0.250. The number of nitrogens with two attached hydrogens (primary N) is 1. The minimum absolute atomic E-state index is 0.119. The predicted molar refractivity (Wildman–Crippen MR) is 51.4 cm³/mol. The highest BCUT2D eigenvalue weighted by molar-refractivity contribution is 7.91. The highest BCUT2D eigenvalue weighted by atomic mass is 32.2. The zero-order valence-corrected chi connectivity index (χ0v) is 7.76. The van der Waals surface area contributed by atoms with Crippen molar-refractivity contribution in [1.29, 1.82) is 0 Å². The molecule has 13 heavy (non-hydrogen) atoms. The number of hydrogen-bond acceptors (Lipinski definition) is 4. The van der Waals surface area contributed by atoms with Crippen LogP contribution in [0.1, 0.15) is 0 Å². The molecule has 5 heteroatoms. The highest BCUT2D eigenvalue weighted by Gasteiger charge is 2.25. The van der Waals surface area contributed by atoms with E-state index in [0.717, 1.165) is 0 Å². The second-order valence-corrected chi connectivity index (χ2v) is 5.02. The van der Waals surface area contributed by atoms with E-state index < -0.39 is 9.84 Å². The molecule has 3 N–H and O–H groups in total. The van der Waals surface area contributed by atoms with Gasteiger partial charge in [-0.3, -0.25) is 0 Å². The van der Waals surface area contributed by atoms with Gasteiger partial charge in [0.15, 0.2) is 9.84 Å². The van der Waals surface area contributed by atoms with Crippen molar-refractivity contribution in [3.05, 3.63) is 18.2 Å². The van der Waals surface area contributed by atoms with Crippen molar-refractivity contribution in [1.82, 2.24) is 0 Å². The van der Waals surface area contributed by atoms with E-state index in [1.165, 1.54) is 0 Å². The summed E-state index contributed by atoms with van der Waals surface area (Å²) in [5.74, 6) is 0.119. The van der Waals surface area contributed by atoms with Crippen molar-refractivity contribution in [2.75, 3.05) is 23.3 Å². The maximum absolute atomic E-state index is 11.6. The van der Waals surface area contributed by atoms with E-state index >= 15 is 0 Å². The number of rotatable bonds is 0. The summed E-state index contributed by atoms with van der Waals surface area (Å²) >= 11 is 0. The normalized spacial score (nSPS) is 18.8. The monoisotopic (exact) mass is 198 g/mol. The quantitative estimate of drug-likeness (QED) is 0.594. The molecule has 0 saturated heterocycles.